The third kappa shape index (κ3) is 4.91. The van der Waals surface area contributed by atoms with Gasteiger partial charge < -0.3 is 10.0 Å². The van der Waals surface area contributed by atoms with Gasteiger partial charge in [0.1, 0.15) is 4.91 Å². The molecule has 11 heteroatoms. The molecule has 166 valence electrons. The molecule has 0 spiro atoms. The van der Waals surface area contributed by atoms with E-state index in [9.17, 15) is 13.2 Å². The first-order valence-corrected chi connectivity index (χ1v) is 12.5. The van der Waals surface area contributed by atoms with E-state index < -0.39 is 15.9 Å². The minimum Gasteiger partial charge on any atom is -0.352 e. The number of nitrogens with zero attached hydrogens (tertiary/aromatic N) is 1. The van der Waals surface area contributed by atoms with Gasteiger partial charge in [-0.05, 0) is 48.4 Å². The van der Waals surface area contributed by atoms with E-state index in [2.05, 4.69) is 14.8 Å². The van der Waals surface area contributed by atoms with Crippen molar-refractivity contribution in [2.75, 3.05) is 11.3 Å². The summed E-state index contributed by atoms with van der Waals surface area (Å²) in [6.07, 6.45) is 7.02. The van der Waals surface area contributed by atoms with E-state index in [-0.39, 0.29) is 16.2 Å². The third-order valence-electron chi connectivity index (χ3n) is 4.71. The maximum absolute atomic E-state index is 13.1. The van der Waals surface area contributed by atoms with Crippen LogP contribution in [0.1, 0.15) is 15.9 Å². The molecule has 2 aliphatic rings. The zero-order chi connectivity index (χ0) is 22.7. The fraction of sp³-hybridized carbons (Fsp3) is 0.0952. The molecule has 0 aromatic heterocycles. The van der Waals surface area contributed by atoms with Gasteiger partial charge in [-0.15, -0.1) is 0 Å². The quantitative estimate of drug-likeness (QED) is 0.479. The highest BCUT2D eigenvalue weighted by Gasteiger charge is 2.30. The van der Waals surface area contributed by atoms with Crippen LogP contribution in [0.25, 0.3) is 0 Å². The van der Waals surface area contributed by atoms with E-state index in [1.54, 1.807) is 65.2 Å². The molecule has 0 saturated heterocycles. The van der Waals surface area contributed by atoms with Crippen LogP contribution < -0.4 is 14.8 Å². The molecule has 0 bridgehead atoms. The van der Waals surface area contributed by atoms with E-state index in [4.69, 9.17) is 23.2 Å². The Labute approximate surface area is 200 Å². The van der Waals surface area contributed by atoms with Gasteiger partial charge in [-0.25, -0.2) is 8.42 Å². The van der Waals surface area contributed by atoms with Crippen molar-refractivity contribution in [3.63, 3.8) is 0 Å². The van der Waals surface area contributed by atoms with Gasteiger partial charge in [-0.3, -0.25) is 13.8 Å². The molecule has 3 N–H and O–H groups in total. The lowest BCUT2D eigenvalue weighted by Crippen LogP contribution is -2.28. The summed E-state index contributed by atoms with van der Waals surface area (Å²) in [7, 11) is -3.93. The molecule has 0 saturated carbocycles. The lowest BCUT2D eigenvalue weighted by molar-refractivity contribution is 0.0955. The Hall–Kier alpha value is -2.59. The number of sulfonamides is 1. The topological polar surface area (TPSA) is 90.5 Å². The Kier molecular flexibility index (Phi) is 6.71. The molecule has 4 rings (SSSR count). The normalized spacial score (nSPS) is 14.9. The van der Waals surface area contributed by atoms with Crippen LogP contribution in [0.5, 0.6) is 0 Å². The summed E-state index contributed by atoms with van der Waals surface area (Å²) in [5.74, 6) is -0.398. The largest absolute Gasteiger partial charge is 0.352 e. The number of fused-ring (bicyclic) bond motifs is 1. The van der Waals surface area contributed by atoms with E-state index >= 15 is 0 Å². The van der Waals surface area contributed by atoms with Gasteiger partial charge in [0.15, 0.2) is 0 Å². The van der Waals surface area contributed by atoms with Crippen LogP contribution in [0.3, 0.4) is 0 Å². The molecule has 2 heterocycles. The minimum absolute atomic E-state index is 0.102. The summed E-state index contributed by atoms with van der Waals surface area (Å²) in [5, 5.41) is 3.87. The molecular formula is C21H18Cl2N4O3S2. The number of hydrogen-bond acceptors (Lipinski definition) is 6. The summed E-state index contributed by atoms with van der Waals surface area (Å²) < 4.78 is 33.3. The summed E-state index contributed by atoms with van der Waals surface area (Å²) in [6, 6.07) is 11.6. The first-order chi connectivity index (χ1) is 15.3. The predicted octanol–water partition coefficient (Wildman–Crippen LogP) is 4.43. The number of amides is 1. The maximum Gasteiger partial charge on any atom is 0.264 e. The Morgan fingerprint density at radius 1 is 1.16 bits per heavy atom. The van der Waals surface area contributed by atoms with Crippen molar-refractivity contribution in [2.45, 2.75) is 6.42 Å². The van der Waals surface area contributed by atoms with Crippen LogP contribution in [-0.2, 0) is 16.4 Å². The Bertz CT molecular complexity index is 1260. The Balaban J connectivity index is 1.47. The van der Waals surface area contributed by atoms with Gasteiger partial charge in [0, 0.05) is 29.0 Å². The molecule has 7 nitrogen and oxygen atoms in total. The van der Waals surface area contributed by atoms with Crippen molar-refractivity contribution in [1.82, 2.24) is 14.3 Å². The molecular weight excluding hydrogens is 491 g/mol. The van der Waals surface area contributed by atoms with Gasteiger partial charge in [0.2, 0.25) is 0 Å². The van der Waals surface area contributed by atoms with Crippen LogP contribution in [-0.4, -0.2) is 25.2 Å². The average Bonchev–Trinajstić information content (AvgIpc) is 3.24. The monoisotopic (exact) mass is 508 g/mol. The second-order valence-electron chi connectivity index (χ2n) is 6.83. The highest BCUT2D eigenvalue weighted by Crippen LogP contribution is 2.34. The van der Waals surface area contributed by atoms with Crippen LogP contribution in [0, 0.1) is 0 Å². The SMILES string of the molecule is O=C(NCCc1ccc(Cl)cc1Cl)c1ccccc1NS(=O)(=O)C1=CC=CN2SNC=C12. The van der Waals surface area contributed by atoms with Crippen molar-refractivity contribution >= 4 is 57.0 Å². The first kappa shape index (κ1) is 22.6. The van der Waals surface area contributed by atoms with Gasteiger partial charge in [0.25, 0.3) is 15.9 Å². The second-order valence-corrected chi connectivity index (χ2v) is 10.1. The molecule has 2 aromatic rings. The third-order valence-corrected chi connectivity index (χ3v) is 7.44. The molecule has 32 heavy (non-hydrogen) atoms. The molecule has 0 fully saturated rings. The van der Waals surface area contributed by atoms with E-state index in [0.29, 0.717) is 28.7 Å². The smallest absolute Gasteiger partial charge is 0.264 e. The number of allylic oxidation sites excluding steroid dienone is 2. The lowest BCUT2D eigenvalue weighted by Gasteiger charge is -2.21. The van der Waals surface area contributed by atoms with Crippen molar-refractivity contribution in [3.05, 3.63) is 98.8 Å². The molecule has 0 aliphatic carbocycles. The summed E-state index contributed by atoms with van der Waals surface area (Å²) in [4.78, 5) is 12.9. The number of nitrogens with one attached hydrogen (secondary N) is 3. The summed E-state index contributed by atoms with van der Waals surface area (Å²) in [5.41, 5.74) is 1.76. The number of para-hydroxylation sites is 1. The number of rotatable bonds is 7. The van der Waals surface area contributed by atoms with Gasteiger partial charge in [-0.2, -0.15) is 0 Å². The molecule has 1 amide bonds. The Morgan fingerprint density at radius 2 is 1.97 bits per heavy atom. The van der Waals surface area contributed by atoms with E-state index in [1.807, 2.05) is 0 Å². The zero-order valence-corrected chi connectivity index (χ0v) is 19.7. The van der Waals surface area contributed by atoms with Crippen LogP contribution in [0.15, 0.2) is 77.6 Å². The number of benzene rings is 2. The highest BCUT2D eigenvalue weighted by molar-refractivity contribution is 7.97. The number of hydrogen-bond donors (Lipinski definition) is 3. The summed E-state index contributed by atoms with van der Waals surface area (Å²) >= 11 is 13.3. The summed E-state index contributed by atoms with van der Waals surface area (Å²) in [6.45, 7) is 0.321. The molecule has 0 atom stereocenters. The van der Waals surface area contributed by atoms with E-state index in [0.717, 1.165) is 5.56 Å². The Morgan fingerprint density at radius 3 is 2.78 bits per heavy atom. The maximum atomic E-state index is 13.1. The second kappa shape index (κ2) is 9.50. The van der Waals surface area contributed by atoms with Crippen molar-refractivity contribution in [3.8, 4) is 0 Å². The average molecular weight is 509 g/mol. The van der Waals surface area contributed by atoms with Gasteiger partial charge >= 0.3 is 0 Å². The molecule has 0 radical (unpaired) electrons. The number of carbonyl (C=O) groups excluding carboxylic acids is 1. The number of halogens is 2. The first-order valence-electron chi connectivity index (χ1n) is 9.50. The predicted molar refractivity (Wildman–Crippen MR) is 129 cm³/mol. The van der Waals surface area contributed by atoms with Gasteiger partial charge in [-0.1, -0.05) is 41.4 Å². The van der Waals surface area contributed by atoms with Gasteiger partial charge in [0.05, 0.1) is 29.1 Å². The molecule has 2 aromatic carbocycles. The standard InChI is InChI=1S/C21H18Cl2N4O3S2/c22-15-8-7-14(17(23)12-15)9-10-24-21(28)16-4-1-2-5-18(16)26-32(29,30)20-6-3-11-27-19(20)13-25-31-27/h1-8,11-13,25-26H,9-10H2,(H,24,28). The fourth-order valence-corrected chi connectivity index (χ4v) is 5.65. The van der Waals surface area contributed by atoms with E-state index in [1.165, 1.54) is 18.2 Å². The zero-order valence-electron chi connectivity index (χ0n) is 16.5. The number of carbonyl (C=O) groups is 1. The highest BCUT2D eigenvalue weighted by atomic mass is 35.5. The molecule has 0 unspecified atom stereocenters. The van der Waals surface area contributed by atoms with Crippen LogP contribution in [0.4, 0.5) is 5.69 Å². The number of anilines is 1. The van der Waals surface area contributed by atoms with Crippen molar-refractivity contribution in [1.29, 1.82) is 0 Å². The van der Waals surface area contributed by atoms with Crippen molar-refractivity contribution < 1.29 is 13.2 Å². The van der Waals surface area contributed by atoms with Crippen LogP contribution >= 0.6 is 35.3 Å². The lowest BCUT2D eigenvalue weighted by atomic mass is 10.1. The molecule has 2 aliphatic heterocycles. The van der Waals surface area contributed by atoms with Crippen LogP contribution in [0.2, 0.25) is 10.0 Å². The fourth-order valence-electron chi connectivity index (χ4n) is 3.16. The minimum atomic E-state index is -3.93. The van der Waals surface area contributed by atoms with Crippen molar-refractivity contribution in [2.24, 2.45) is 0 Å².